The Morgan fingerprint density at radius 3 is 2.70 bits per heavy atom. The third-order valence-corrected chi connectivity index (χ3v) is 4.85. The number of benzene rings is 2. The molecule has 1 amide bonds. The van der Waals surface area contributed by atoms with Crippen LogP contribution in [0.15, 0.2) is 40.9 Å². The Hall–Kier alpha value is -2.50. The highest BCUT2D eigenvalue weighted by atomic mass is 35.5. The molecule has 0 spiro atoms. The van der Waals surface area contributed by atoms with E-state index in [1.807, 2.05) is 32.0 Å². The molecule has 0 unspecified atom stereocenters. The standard InChI is InChI=1S/C20H18Cl2N2O3/c1-11-5-4-6-18(12(11)2)26-10-15-13(3)27-24-19(15)20(25)23-17-8-7-14(21)9-16(17)22/h4-9H,10H2,1-3H3,(H,23,25). The van der Waals surface area contributed by atoms with Crippen molar-refractivity contribution >= 4 is 34.8 Å². The average Bonchev–Trinajstić information content (AvgIpc) is 2.99. The summed E-state index contributed by atoms with van der Waals surface area (Å²) in [6.07, 6.45) is 0. The van der Waals surface area contributed by atoms with Crippen LogP contribution in [0.3, 0.4) is 0 Å². The molecule has 0 bridgehead atoms. The Morgan fingerprint density at radius 1 is 1.19 bits per heavy atom. The topological polar surface area (TPSA) is 64.4 Å². The molecule has 0 radical (unpaired) electrons. The minimum atomic E-state index is -0.435. The van der Waals surface area contributed by atoms with Crippen LogP contribution in [0, 0.1) is 20.8 Å². The van der Waals surface area contributed by atoms with Crippen LogP contribution < -0.4 is 10.1 Å². The molecule has 0 saturated heterocycles. The zero-order chi connectivity index (χ0) is 19.6. The maximum Gasteiger partial charge on any atom is 0.278 e. The van der Waals surface area contributed by atoms with Crippen molar-refractivity contribution in [3.05, 3.63) is 74.6 Å². The molecule has 0 saturated carbocycles. The van der Waals surface area contributed by atoms with E-state index in [2.05, 4.69) is 10.5 Å². The molecular formula is C20H18Cl2N2O3. The highest BCUT2D eigenvalue weighted by Gasteiger charge is 2.21. The minimum absolute atomic E-state index is 0.156. The van der Waals surface area contributed by atoms with E-state index in [1.165, 1.54) is 0 Å². The lowest BCUT2D eigenvalue weighted by Gasteiger charge is -2.11. The van der Waals surface area contributed by atoms with Crippen molar-refractivity contribution in [2.45, 2.75) is 27.4 Å². The number of aryl methyl sites for hydroxylation is 2. The monoisotopic (exact) mass is 404 g/mol. The number of nitrogens with one attached hydrogen (secondary N) is 1. The lowest BCUT2D eigenvalue weighted by atomic mass is 10.1. The molecule has 0 aliphatic rings. The lowest BCUT2D eigenvalue weighted by molar-refractivity contribution is 0.101. The normalized spacial score (nSPS) is 10.7. The van der Waals surface area contributed by atoms with E-state index in [0.29, 0.717) is 27.1 Å². The first kappa shape index (κ1) is 19.3. The fourth-order valence-corrected chi connectivity index (χ4v) is 3.00. The van der Waals surface area contributed by atoms with E-state index in [1.54, 1.807) is 25.1 Å². The first-order valence-electron chi connectivity index (χ1n) is 8.27. The van der Waals surface area contributed by atoms with Crippen molar-refractivity contribution in [3.63, 3.8) is 0 Å². The second kappa shape index (κ2) is 8.03. The predicted octanol–water partition coefficient (Wildman–Crippen LogP) is 5.74. The Balaban J connectivity index is 1.79. The van der Waals surface area contributed by atoms with Crippen molar-refractivity contribution in [3.8, 4) is 5.75 Å². The van der Waals surface area contributed by atoms with Crippen LogP contribution in [-0.4, -0.2) is 11.1 Å². The number of rotatable bonds is 5. The van der Waals surface area contributed by atoms with E-state index in [9.17, 15) is 4.79 Å². The number of carbonyl (C=O) groups is 1. The largest absolute Gasteiger partial charge is 0.488 e. The fraction of sp³-hybridized carbons (Fsp3) is 0.200. The van der Waals surface area contributed by atoms with Crippen LogP contribution in [0.2, 0.25) is 10.0 Å². The van der Waals surface area contributed by atoms with E-state index in [-0.39, 0.29) is 12.3 Å². The second-order valence-electron chi connectivity index (χ2n) is 6.13. The van der Waals surface area contributed by atoms with Crippen molar-refractivity contribution in [1.82, 2.24) is 5.16 Å². The van der Waals surface area contributed by atoms with Gasteiger partial charge in [-0.25, -0.2) is 0 Å². The first-order valence-corrected chi connectivity index (χ1v) is 9.03. The zero-order valence-corrected chi connectivity index (χ0v) is 16.6. The smallest absolute Gasteiger partial charge is 0.278 e. The van der Waals surface area contributed by atoms with E-state index < -0.39 is 5.91 Å². The number of anilines is 1. The summed E-state index contributed by atoms with van der Waals surface area (Å²) in [4.78, 5) is 12.6. The summed E-state index contributed by atoms with van der Waals surface area (Å²) in [7, 11) is 0. The number of nitrogens with zero attached hydrogens (tertiary/aromatic N) is 1. The summed E-state index contributed by atoms with van der Waals surface area (Å²) < 4.78 is 11.1. The highest BCUT2D eigenvalue weighted by molar-refractivity contribution is 6.36. The molecule has 27 heavy (non-hydrogen) atoms. The van der Waals surface area contributed by atoms with E-state index in [4.69, 9.17) is 32.5 Å². The zero-order valence-electron chi connectivity index (χ0n) is 15.1. The summed E-state index contributed by atoms with van der Waals surface area (Å²) in [5, 5.41) is 7.42. The molecule has 5 nitrogen and oxygen atoms in total. The molecule has 2 aromatic carbocycles. The van der Waals surface area contributed by atoms with Crippen LogP contribution in [0.4, 0.5) is 5.69 Å². The van der Waals surface area contributed by atoms with Gasteiger partial charge in [0.2, 0.25) is 0 Å². The Kier molecular flexibility index (Phi) is 5.73. The minimum Gasteiger partial charge on any atom is -0.488 e. The fourth-order valence-electron chi connectivity index (χ4n) is 2.54. The number of ether oxygens (including phenoxy) is 1. The summed E-state index contributed by atoms with van der Waals surface area (Å²) in [5.41, 5.74) is 3.35. The summed E-state index contributed by atoms with van der Waals surface area (Å²) in [6.45, 7) is 5.90. The Labute approximate surface area is 167 Å². The van der Waals surface area contributed by atoms with Gasteiger partial charge in [-0.1, -0.05) is 40.5 Å². The average molecular weight is 405 g/mol. The summed E-state index contributed by atoms with van der Waals surface area (Å²) in [5.74, 6) is 0.839. The number of aromatic nitrogens is 1. The molecule has 1 aromatic heterocycles. The molecule has 0 aliphatic heterocycles. The molecule has 3 rings (SSSR count). The van der Waals surface area contributed by atoms with Gasteiger partial charge in [-0.2, -0.15) is 0 Å². The predicted molar refractivity (Wildman–Crippen MR) is 106 cm³/mol. The number of amides is 1. The molecule has 0 fully saturated rings. The van der Waals surface area contributed by atoms with Gasteiger partial charge in [0.1, 0.15) is 18.1 Å². The van der Waals surface area contributed by atoms with Crippen LogP contribution >= 0.6 is 23.2 Å². The van der Waals surface area contributed by atoms with Crippen LogP contribution in [0.25, 0.3) is 0 Å². The van der Waals surface area contributed by atoms with Gasteiger partial charge >= 0.3 is 0 Å². The van der Waals surface area contributed by atoms with E-state index in [0.717, 1.165) is 16.9 Å². The molecule has 3 aromatic rings. The number of hydrogen-bond acceptors (Lipinski definition) is 4. The SMILES string of the molecule is Cc1cccc(OCc2c(C(=O)Nc3ccc(Cl)cc3Cl)noc2C)c1C. The molecule has 0 atom stereocenters. The molecule has 1 N–H and O–H groups in total. The summed E-state index contributed by atoms with van der Waals surface area (Å²) >= 11 is 12.0. The second-order valence-corrected chi connectivity index (χ2v) is 6.97. The van der Waals surface area contributed by atoms with Gasteiger partial charge in [0.15, 0.2) is 5.69 Å². The van der Waals surface area contributed by atoms with Gasteiger partial charge in [-0.15, -0.1) is 0 Å². The van der Waals surface area contributed by atoms with Gasteiger partial charge in [0.05, 0.1) is 16.3 Å². The maximum atomic E-state index is 12.6. The molecule has 0 aliphatic carbocycles. The third kappa shape index (κ3) is 4.26. The van der Waals surface area contributed by atoms with Crippen molar-refractivity contribution in [2.24, 2.45) is 0 Å². The molecule has 7 heteroatoms. The lowest BCUT2D eigenvalue weighted by Crippen LogP contribution is -2.15. The Bertz CT molecular complexity index is 999. The molecule has 140 valence electrons. The third-order valence-electron chi connectivity index (χ3n) is 4.31. The Morgan fingerprint density at radius 2 is 1.96 bits per heavy atom. The van der Waals surface area contributed by atoms with Crippen molar-refractivity contribution in [2.75, 3.05) is 5.32 Å². The van der Waals surface area contributed by atoms with Crippen LogP contribution in [0.1, 0.15) is 32.9 Å². The van der Waals surface area contributed by atoms with Gasteiger partial charge in [0, 0.05) is 5.02 Å². The number of carbonyl (C=O) groups excluding carboxylic acids is 1. The maximum absolute atomic E-state index is 12.6. The van der Waals surface area contributed by atoms with Gasteiger partial charge in [-0.05, 0) is 56.2 Å². The van der Waals surface area contributed by atoms with Gasteiger partial charge in [-0.3, -0.25) is 4.79 Å². The van der Waals surface area contributed by atoms with Gasteiger partial charge in [0.25, 0.3) is 5.91 Å². The van der Waals surface area contributed by atoms with Crippen molar-refractivity contribution in [1.29, 1.82) is 0 Å². The van der Waals surface area contributed by atoms with Crippen molar-refractivity contribution < 1.29 is 14.1 Å². The summed E-state index contributed by atoms with van der Waals surface area (Å²) in [6, 6.07) is 10.6. The quantitative estimate of drug-likeness (QED) is 0.588. The highest BCUT2D eigenvalue weighted by Crippen LogP contribution is 2.27. The number of hydrogen-bond donors (Lipinski definition) is 1. The van der Waals surface area contributed by atoms with Crippen LogP contribution in [0.5, 0.6) is 5.75 Å². The van der Waals surface area contributed by atoms with Gasteiger partial charge < -0.3 is 14.6 Å². The van der Waals surface area contributed by atoms with Crippen LogP contribution in [-0.2, 0) is 6.61 Å². The van der Waals surface area contributed by atoms with E-state index >= 15 is 0 Å². The number of halogens is 2. The molecule has 1 heterocycles. The molecular weight excluding hydrogens is 387 g/mol. The first-order chi connectivity index (χ1) is 12.9.